The first kappa shape index (κ1) is 24.6. The molecule has 0 rings (SSSR count). The Hall–Kier alpha value is -1.45. The molecule has 0 radical (unpaired) electrons. The summed E-state index contributed by atoms with van der Waals surface area (Å²) < 4.78 is 43.0. The molecule has 0 fully saturated rings. The van der Waals surface area contributed by atoms with Crippen LogP contribution in [-0.4, -0.2) is 79.1 Å². The maximum atomic E-state index is 12.8. The summed E-state index contributed by atoms with van der Waals surface area (Å²) in [5.41, 5.74) is 0. The number of alkyl halides is 3. The lowest BCUT2D eigenvalue weighted by molar-refractivity contribution is -0.188. The van der Waals surface area contributed by atoms with E-state index in [0.717, 1.165) is 11.9 Å². The van der Waals surface area contributed by atoms with Crippen LogP contribution in [0.5, 0.6) is 0 Å². The van der Waals surface area contributed by atoms with Crippen LogP contribution in [0.3, 0.4) is 0 Å². The van der Waals surface area contributed by atoms with Crippen LogP contribution in [0, 0.1) is 5.92 Å². The lowest BCUT2D eigenvalue weighted by atomic mass is 10.0. The summed E-state index contributed by atoms with van der Waals surface area (Å²) >= 11 is 1.46. The number of likely N-dealkylation sites (N-methyl/N-ethyl adjacent to an activating group) is 2. The first-order valence-corrected chi connectivity index (χ1v) is 9.45. The Kier molecular flexibility index (Phi) is 10.0. The smallest absolute Gasteiger partial charge is 0.467 e. The van der Waals surface area contributed by atoms with Gasteiger partial charge in [-0.15, -0.1) is 0 Å². The van der Waals surface area contributed by atoms with Crippen LogP contribution in [0.2, 0.25) is 0 Å². The summed E-state index contributed by atoms with van der Waals surface area (Å²) in [5, 5.41) is 0. The van der Waals surface area contributed by atoms with Crippen LogP contribution < -0.4 is 0 Å². The van der Waals surface area contributed by atoms with Crippen molar-refractivity contribution in [1.82, 2.24) is 9.80 Å². The normalized spacial score (nSPS) is 13.9. The molecule has 0 saturated carbocycles. The molecule has 0 saturated heterocycles. The second-order valence-electron chi connectivity index (χ2n) is 6.33. The van der Waals surface area contributed by atoms with Gasteiger partial charge in [0.15, 0.2) is 0 Å². The van der Waals surface area contributed by atoms with Gasteiger partial charge in [0.2, 0.25) is 5.91 Å². The molecular formula is C16H27F3N2O4S. The van der Waals surface area contributed by atoms with Gasteiger partial charge >= 0.3 is 18.1 Å². The molecule has 0 heterocycles. The summed E-state index contributed by atoms with van der Waals surface area (Å²) in [7, 11) is 3.46. The zero-order valence-corrected chi connectivity index (χ0v) is 16.7. The molecule has 0 spiro atoms. The van der Waals surface area contributed by atoms with E-state index in [9.17, 15) is 27.6 Å². The average molecular weight is 400 g/mol. The minimum absolute atomic E-state index is 0.0396. The monoisotopic (exact) mass is 400 g/mol. The van der Waals surface area contributed by atoms with Gasteiger partial charge in [0.05, 0.1) is 7.11 Å². The van der Waals surface area contributed by atoms with Gasteiger partial charge in [0, 0.05) is 14.1 Å². The van der Waals surface area contributed by atoms with Gasteiger partial charge in [-0.05, 0) is 30.8 Å². The van der Waals surface area contributed by atoms with Crippen molar-refractivity contribution < 1.29 is 32.3 Å². The van der Waals surface area contributed by atoms with Crippen LogP contribution >= 0.6 is 11.8 Å². The van der Waals surface area contributed by atoms with Gasteiger partial charge in [0.25, 0.3) is 0 Å². The Morgan fingerprint density at radius 3 is 2.00 bits per heavy atom. The highest BCUT2D eigenvalue weighted by molar-refractivity contribution is 7.98. The van der Waals surface area contributed by atoms with Gasteiger partial charge < -0.3 is 14.5 Å². The lowest BCUT2D eigenvalue weighted by Gasteiger charge is -2.34. The van der Waals surface area contributed by atoms with Gasteiger partial charge in [-0.2, -0.15) is 24.9 Å². The van der Waals surface area contributed by atoms with E-state index < -0.39 is 36.0 Å². The number of esters is 1. The van der Waals surface area contributed by atoms with E-state index in [1.165, 1.54) is 25.9 Å². The number of methoxy groups -OCH3 is 1. The molecule has 2 unspecified atom stereocenters. The molecule has 0 aromatic heterocycles. The van der Waals surface area contributed by atoms with Crippen molar-refractivity contribution >= 4 is 29.5 Å². The van der Waals surface area contributed by atoms with Crippen molar-refractivity contribution in [2.45, 2.75) is 44.9 Å². The molecule has 152 valence electrons. The third-order valence-electron chi connectivity index (χ3n) is 3.89. The molecule has 0 bridgehead atoms. The van der Waals surface area contributed by atoms with E-state index in [1.807, 2.05) is 6.26 Å². The summed E-state index contributed by atoms with van der Waals surface area (Å²) in [6.07, 6.45) is -2.92. The van der Waals surface area contributed by atoms with Crippen molar-refractivity contribution in [2.24, 2.45) is 5.92 Å². The summed E-state index contributed by atoms with van der Waals surface area (Å²) in [6.45, 7) is 3.47. The molecule has 2 atom stereocenters. The minimum atomic E-state index is -5.08. The summed E-state index contributed by atoms with van der Waals surface area (Å²) in [4.78, 5) is 37.9. The Morgan fingerprint density at radius 2 is 1.62 bits per heavy atom. The number of rotatable bonds is 9. The predicted octanol–water partition coefficient (Wildman–Crippen LogP) is 2.17. The summed E-state index contributed by atoms with van der Waals surface area (Å²) in [5.74, 6) is -3.05. The van der Waals surface area contributed by atoms with E-state index in [-0.39, 0.29) is 12.3 Å². The Balaban J connectivity index is 5.61. The second kappa shape index (κ2) is 10.6. The van der Waals surface area contributed by atoms with Crippen LogP contribution in [0.1, 0.15) is 26.7 Å². The number of hydrogen-bond donors (Lipinski definition) is 0. The molecule has 0 aromatic rings. The number of amides is 2. The standard InChI is InChI=1S/C16H27F3N2O4S/c1-10(2)9-12(21(4)15(24)16(17,18)19)13(22)20(3)11(7-8-26-6)14(23)25-5/h10-12H,7-9H2,1-6H3. The largest absolute Gasteiger partial charge is 0.471 e. The van der Waals surface area contributed by atoms with Gasteiger partial charge in [-0.3, -0.25) is 9.59 Å². The molecule has 0 aliphatic carbocycles. The van der Waals surface area contributed by atoms with Gasteiger partial charge in [0.1, 0.15) is 12.1 Å². The predicted molar refractivity (Wildman–Crippen MR) is 93.6 cm³/mol. The molecular weight excluding hydrogens is 373 g/mol. The molecule has 0 aliphatic rings. The third kappa shape index (κ3) is 7.05. The quantitative estimate of drug-likeness (QED) is 0.555. The first-order valence-electron chi connectivity index (χ1n) is 8.05. The van der Waals surface area contributed by atoms with Crippen LogP contribution in [0.25, 0.3) is 0 Å². The zero-order valence-electron chi connectivity index (χ0n) is 15.9. The number of halogens is 3. The highest BCUT2D eigenvalue weighted by atomic mass is 32.2. The Morgan fingerprint density at radius 1 is 1.08 bits per heavy atom. The molecule has 26 heavy (non-hydrogen) atoms. The maximum Gasteiger partial charge on any atom is 0.471 e. The Labute approximate surface area is 156 Å². The molecule has 2 amide bonds. The number of nitrogens with zero attached hydrogens (tertiary/aromatic N) is 2. The highest BCUT2D eigenvalue weighted by Gasteiger charge is 2.45. The average Bonchev–Trinajstić information content (AvgIpc) is 2.56. The van der Waals surface area contributed by atoms with Gasteiger partial charge in [-0.25, -0.2) is 4.79 Å². The van der Waals surface area contributed by atoms with E-state index in [1.54, 1.807) is 13.8 Å². The van der Waals surface area contributed by atoms with Crippen molar-refractivity contribution in [3.05, 3.63) is 0 Å². The van der Waals surface area contributed by atoms with E-state index in [4.69, 9.17) is 4.74 Å². The molecule has 10 heteroatoms. The molecule has 6 nitrogen and oxygen atoms in total. The fourth-order valence-electron chi connectivity index (χ4n) is 2.44. The first-order chi connectivity index (χ1) is 11.9. The zero-order chi connectivity index (χ0) is 20.7. The van der Waals surface area contributed by atoms with Crippen molar-refractivity contribution in [3.8, 4) is 0 Å². The van der Waals surface area contributed by atoms with Crippen LogP contribution in [0.15, 0.2) is 0 Å². The number of carbonyl (C=O) groups is 3. The van der Waals surface area contributed by atoms with Crippen molar-refractivity contribution in [1.29, 1.82) is 0 Å². The van der Waals surface area contributed by atoms with Gasteiger partial charge in [-0.1, -0.05) is 13.8 Å². The van der Waals surface area contributed by atoms with E-state index >= 15 is 0 Å². The molecule has 0 aliphatic heterocycles. The number of hydrogen-bond acceptors (Lipinski definition) is 5. The number of ether oxygens (including phenoxy) is 1. The lowest BCUT2D eigenvalue weighted by Crippen LogP contribution is -2.55. The maximum absolute atomic E-state index is 12.8. The topological polar surface area (TPSA) is 66.9 Å². The van der Waals surface area contributed by atoms with E-state index in [2.05, 4.69) is 0 Å². The van der Waals surface area contributed by atoms with Crippen LogP contribution in [-0.2, 0) is 19.1 Å². The fraction of sp³-hybridized carbons (Fsp3) is 0.812. The SMILES string of the molecule is COC(=O)C(CCSC)N(C)C(=O)C(CC(C)C)N(C)C(=O)C(F)(F)F. The summed E-state index contributed by atoms with van der Waals surface area (Å²) in [6, 6.07) is -2.25. The van der Waals surface area contributed by atoms with E-state index in [0.29, 0.717) is 17.1 Å². The fourth-order valence-corrected chi connectivity index (χ4v) is 2.90. The number of carbonyl (C=O) groups excluding carboxylic acids is 3. The molecule has 0 N–H and O–H groups in total. The second-order valence-corrected chi connectivity index (χ2v) is 7.31. The third-order valence-corrected chi connectivity index (χ3v) is 4.54. The van der Waals surface area contributed by atoms with Crippen molar-refractivity contribution in [2.75, 3.05) is 33.2 Å². The number of thioether (sulfide) groups is 1. The minimum Gasteiger partial charge on any atom is -0.467 e. The highest BCUT2D eigenvalue weighted by Crippen LogP contribution is 2.23. The Bertz CT molecular complexity index is 500. The molecule has 0 aromatic carbocycles. The van der Waals surface area contributed by atoms with Crippen molar-refractivity contribution in [3.63, 3.8) is 0 Å². The van der Waals surface area contributed by atoms with Crippen LogP contribution in [0.4, 0.5) is 13.2 Å².